The third kappa shape index (κ3) is 4.26. The van der Waals surface area contributed by atoms with Crippen LogP contribution in [0.4, 0.5) is 5.69 Å². The molecule has 0 spiro atoms. The van der Waals surface area contributed by atoms with Crippen molar-refractivity contribution < 1.29 is 23.8 Å². The Morgan fingerprint density at radius 3 is 2.48 bits per heavy atom. The van der Waals surface area contributed by atoms with Crippen LogP contribution < -0.4 is 9.64 Å². The van der Waals surface area contributed by atoms with Crippen LogP contribution in [-0.2, 0) is 9.59 Å². The fraction of sp³-hybridized carbons (Fsp3) is 0.231. The fourth-order valence-corrected chi connectivity index (χ4v) is 4.02. The van der Waals surface area contributed by atoms with E-state index in [1.165, 1.54) is 4.90 Å². The molecule has 3 aromatic rings. The predicted molar refractivity (Wildman–Crippen MR) is 127 cm³/mol. The van der Waals surface area contributed by atoms with E-state index in [-0.39, 0.29) is 17.4 Å². The van der Waals surface area contributed by atoms with Crippen molar-refractivity contribution >= 4 is 34.7 Å². The highest BCUT2D eigenvalue weighted by atomic mass is 35.5. The van der Waals surface area contributed by atoms with Crippen molar-refractivity contribution in [1.29, 1.82) is 0 Å². The van der Waals surface area contributed by atoms with Gasteiger partial charge in [-0.2, -0.15) is 0 Å². The Bertz CT molecular complexity index is 1270. The van der Waals surface area contributed by atoms with E-state index in [1.807, 2.05) is 20.8 Å². The zero-order valence-corrected chi connectivity index (χ0v) is 19.5. The number of ketones is 1. The summed E-state index contributed by atoms with van der Waals surface area (Å²) in [6.45, 7) is 7.40. The largest absolute Gasteiger partial charge is 0.507 e. The molecular formula is C26H24ClNO5. The van der Waals surface area contributed by atoms with Gasteiger partial charge in [-0.15, -0.1) is 0 Å². The molecule has 4 rings (SSSR count). The molecule has 1 atom stereocenters. The van der Waals surface area contributed by atoms with Gasteiger partial charge in [0.1, 0.15) is 29.1 Å². The molecule has 1 aliphatic rings. The number of anilines is 1. The highest BCUT2D eigenvalue weighted by molar-refractivity contribution is 6.51. The molecule has 6 nitrogen and oxygen atoms in total. The molecule has 0 saturated carbocycles. The molecule has 2 aromatic carbocycles. The van der Waals surface area contributed by atoms with E-state index < -0.39 is 17.7 Å². The van der Waals surface area contributed by atoms with E-state index in [1.54, 1.807) is 61.5 Å². The van der Waals surface area contributed by atoms with Crippen molar-refractivity contribution in [3.8, 4) is 5.75 Å². The molecule has 1 N–H and O–H groups in total. The van der Waals surface area contributed by atoms with Gasteiger partial charge in [-0.3, -0.25) is 14.5 Å². The van der Waals surface area contributed by atoms with E-state index >= 15 is 0 Å². The molecule has 1 aromatic heterocycles. The summed E-state index contributed by atoms with van der Waals surface area (Å²) in [6.07, 6.45) is -0.0645. The smallest absolute Gasteiger partial charge is 0.300 e. The minimum absolute atomic E-state index is 0.0623. The van der Waals surface area contributed by atoms with Gasteiger partial charge in [0.05, 0.1) is 11.7 Å². The number of aryl methyl sites for hydroxylation is 2. The Hall–Kier alpha value is -3.51. The maximum absolute atomic E-state index is 13.2. The number of hydrogen-bond donors (Lipinski definition) is 1. The van der Waals surface area contributed by atoms with Crippen molar-refractivity contribution in [2.75, 3.05) is 4.90 Å². The molecule has 1 amide bonds. The number of aliphatic hydroxyl groups is 1. The third-order valence-electron chi connectivity index (χ3n) is 5.39. The number of rotatable bonds is 5. The Morgan fingerprint density at radius 2 is 1.85 bits per heavy atom. The van der Waals surface area contributed by atoms with Gasteiger partial charge in [0.2, 0.25) is 0 Å². The van der Waals surface area contributed by atoms with Crippen molar-refractivity contribution in [3.05, 3.63) is 87.8 Å². The molecule has 1 aliphatic heterocycles. The second kappa shape index (κ2) is 8.79. The second-order valence-electron chi connectivity index (χ2n) is 8.25. The van der Waals surface area contributed by atoms with Crippen LogP contribution in [0.5, 0.6) is 5.75 Å². The molecule has 2 heterocycles. The molecule has 1 saturated heterocycles. The van der Waals surface area contributed by atoms with Crippen LogP contribution in [0, 0.1) is 13.8 Å². The summed E-state index contributed by atoms with van der Waals surface area (Å²) in [4.78, 5) is 27.7. The lowest BCUT2D eigenvalue weighted by Crippen LogP contribution is -2.29. The number of nitrogens with zero attached hydrogens (tertiary/aromatic N) is 1. The first kappa shape index (κ1) is 22.7. The Morgan fingerprint density at radius 1 is 1.09 bits per heavy atom. The van der Waals surface area contributed by atoms with Crippen LogP contribution in [0.2, 0.25) is 5.02 Å². The summed E-state index contributed by atoms with van der Waals surface area (Å²) in [5, 5.41) is 11.7. The van der Waals surface area contributed by atoms with Crippen LogP contribution in [0.1, 0.15) is 42.5 Å². The van der Waals surface area contributed by atoms with Crippen LogP contribution in [-0.4, -0.2) is 22.9 Å². The highest BCUT2D eigenvalue weighted by Crippen LogP contribution is 2.43. The van der Waals surface area contributed by atoms with Gasteiger partial charge in [-0.05, 0) is 69.7 Å². The lowest BCUT2D eigenvalue weighted by molar-refractivity contribution is -0.132. The average Bonchev–Trinajstić information content (AvgIpc) is 3.30. The predicted octanol–water partition coefficient (Wildman–Crippen LogP) is 5.96. The summed E-state index contributed by atoms with van der Waals surface area (Å²) in [6, 6.07) is 14.4. The quantitative estimate of drug-likeness (QED) is 0.285. The summed E-state index contributed by atoms with van der Waals surface area (Å²) in [7, 11) is 0. The number of Topliss-reactive ketones (excluding diaryl/α,β-unsaturated/α-hetero) is 1. The lowest BCUT2D eigenvalue weighted by atomic mass is 9.99. The molecule has 170 valence electrons. The molecule has 33 heavy (non-hydrogen) atoms. The lowest BCUT2D eigenvalue weighted by Gasteiger charge is -2.24. The molecule has 0 radical (unpaired) electrons. The number of benzene rings is 2. The van der Waals surface area contributed by atoms with Gasteiger partial charge in [0.25, 0.3) is 11.7 Å². The topological polar surface area (TPSA) is 80.0 Å². The summed E-state index contributed by atoms with van der Waals surface area (Å²) in [5.41, 5.74) is 1.57. The van der Waals surface area contributed by atoms with Crippen molar-refractivity contribution in [2.24, 2.45) is 0 Å². The van der Waals surface area contributed by atoms with Gasteiger partial charge in [0.15, 0.2) is 0 Å². The maximum atomic E-state index is 13.2. The van der Waals surface area contributed by atoms with Crippen LogP contribution >= 0.6 is 11.6 Å². The number of furan rings is 1. The van der Waals surface area contributed by atoms with Gasteiger partial charge in [-0.25, -0.2) is 0 Å². The average molecular weight is 466 g/mol. The van der Waals surface area contributed by atoms with Gasteiger partial charge >= 0.3 is 0 Å². The minimum Gasteiger partial charge on any atom is -0.507 e. The number of carbonyl (C=O) groups is 2. The Balaban J connectivity index is 1.90. The first-order chi connectivity index (χ1) is 15.7. The van der Waals surface area contributed by atoms with Crippen LogP contribution in [0.3, 0.4) is 0 Å². The fourth-order valence-electron chi connectivity index (χ4n) is 3.84. The van der Waals surface area contributed by atoms with E-state index in [2.05, 4.69) is 0 Å². The first-order valence-electron chi connectivity index (χ1n) is 10.6. The number of hydrogen-bond acceptors (Lipinski definition) is 5. The molecule has 0 bridgehead atoms. The SMILES string of the molecule is Cc1ccc(C2/C(=C(/O)c3cccc(OC(C)C)c3)C(=O)C(=O)N2c2ccc(C)c(Cl)c2)o1. The summed E-state index contributed by atoms with van der Waals surface area (Å²) < 4.78 is 11.5. The number of halogens is 1. The maximum Gasteiger partial charge on any atom is 0.300 e. The number of amides is 1. The highest BCUT2D eigenvalue weighted by Gasteiger charge is 2.48. The van der Waals surface area contributed by atoms with Gasteiger partial charge in [-0.1, -0.05) is 29.8 Å². The van der Waals surface area contributed by atoms with E-state index in [9.17, 15) is 14.7 Å². The van der Waals surface area contributed by atoms with Crippen molar-refractivity contribution in [2.45, 2.75) is 39.8 Å². The van der Waals surface area contributed by atoms with E-state index in [4.69, 9.17) is 20.8 Å². The molecular weight excluding hydrogens is 442 g/mol. The normalized spacial score (nSPS) is 17.8. The monoisotopic (exact) mass is 465 g/mol. The van der Waals surface area contributed by atoms with Crippen molar-refractivity contribution in [1.82, 2.24) is 0 Å². The first-order valence-corrected chi connectivity index (χ1v) is 11.0. The van der Waals surface area contributed by atoms with Crippen LogP contribution in [0.25, 0.3) is 5.76 Å². The summed E-state index contributed by atoms with van der Waals surface area (Å²) in [5.74, 6) is -0.366. The minimum atomic E-state index is -0.952. The molecule has 0 aliphatic carbocycles. The van der Waals surface area contributed by atoms with E-state index in [0.29, 0.717) is 33.5 Å². The Kier molecular flexibility index (Phi) is 6.04. The standard InChI is InChI=1S/C26H24ClNO5/c1-14(2)32-19-7-5-6-17(12-19)24(29)22-23(21-11-9-16(4)33-21)28(26(31)25(22)30)18-10-8-15(3)20(27)13-18/h5-14,23,29H,1-4H3/b24-22-. The number of aliphatic hydroxyl groups excluding tert-OH is 1. The third-order valence-corrected chi connectivity index (χ3v) is 5.80. The molecule has 1 unspecified atom stereocenters. The van der Waals surface area contributed by atoms with Gasteiger partial charge < -0.3 is 14.3 Å². The molecule has 1 fully saturated rings. The number of ether oxygens (including phenoxy) is 1. The second-order valence-corrected chi connectivity index (χ2v) is 8.65. The Labute approximate surface area is 197 Å². The zero-order valence-electron chi connectivity index (χ0n) is 18.8. The molecule has 7 heteroatoms. The number of carbonyl (C=O) groups excluding carboxylic acids is 2. The van der Waals surface area contributed by atoms with Crippen molar-refractivity contribution in [3.63, 3.8) is 0 Å². The van der Waals surface area contributed by atoms with E-state index in [0.717, 1.165) is 5.56 Å². The zero-order chi connectivity index (χ0) is 23.9. The summed E-state index contributed by atoms with van der Waals surface area (Å²) >= 11 is 6.31. The van der Waals surface area contributed by atoms with Gasteiger partial charge in [0, 0.05) is 16.3 Å². The van der Waals surface area contributed by atoms with Crippen LogP contribution in [0.15, 0.2) is 64.6 Å².